The highest BCUT2D eigenvalue weighted by Crippen LogP contribution is 2.31. The van der Waals surface area contributed by atoms with Crippen LogP contribution in [-0.4, -0.2) is 35.3 Å². The monoisotopic (exact) mass is 374 g/mol. The zero-order chi connectivity index (χ0) is 17.8. The van der Waals surface area contributed by atoms with Crippen molar-refractivity contribution in [2.75, 3.05) is 14.2 Å². The maximum atomic E-state index is 6.15. The Morgan fingerprint density at radius 3 is 2.64 bits per heavy atom. The summed E-state index contributed by atoms with van der Waals surface area (Å²) in [4.78, 5) is 0. The molecule has 1 aromatic heterocycles. The van der Waals surface area contributed by atoms with Crippen LogP contribution >= 0.6 is 23.8 Å². The van der Waals surface area contributed by atoms with Gasteiger partial charge in [0.25, 0.3) is 0 Å². The molecular weight excluding hydrogens is 360 g/mol. The third kappa shape index (κ3) is 3.57. The predicted molar refractivity (Wildman–Crippen MR) is 100 cm³/mol. The Morgan fingerprint density at radius 1 is 1.16 bits per heavy atom. The molecule has 1 heterocycles. The van der Waals surface area contributed by atoms with E-state index in [1.54, 1.807) is 32.6 Å². The minimum absolute atomic E-state index is 0.369. The van der Waals surface area contributed by atoms with Crippen molar-refractivity contribution in [3.05, 3.63) is 57.8 Å². The maximum absolute atomic E-state index is 6.15. The molecular formula is C17H15ClN4O2S. The smallest absolute Gasteiger partial charge is 0.216 e. The van der Waals surface area contributed by atoms with Gasteiger partial charge in [0.1, 0.15) is 0 Å². The van der Waals surface area contributed by atoms with E-state index in [1.165, 1.54) is 4.68 Å². The molecule has 2 aromatic carbocycles. The molecule has 0 amide bonds. The first-order valence-electron chi connectivity index (χ1n) is 7.32. The molecule has 0 saturated carbocycles. The molecule has 3 aromatic rings. The third-order valence-corrected chi connectivity index (χ3v) is 4.12. The standard InChI is InChI=1S/C17H15ClN4O2S/c1-23-14-8-7-11(9-15(14)24-2)16-20-21-17(25)22(16)19-10-12-5-3-4-6-13(12)18/h3-10H,1-2H3,(H,21,25). The quantitative estimate of drug-likeness (QED) is 0.538. The van der Waals surface area contributed by atoms with Gasteiger partial charge in [-0.05, 0) is 36.5 Å². The Morgan fingerprint density at radius 2 is 1.92 bits per heavy atom. The van der Waals surface area contributed by atoms with Crippen LogP contribution in [0.4, 0.5) is 0 Å². The van der Waals surface area contributed by atoms with E-state index in [0.29, 0.717) is 27.1 Å². The number of hydrogen-bond acceptors (Lipinski definition) is 5. The topological polar surface area (TPSA) is 64.4 Å². The van der Waals surface area contributed by atoms with Gasteiger partial charge in [-0.2, -0.15) is 14.9 Å². The fraction of sp³-hybridized carbons (Fsp3) is 0.118. The van der Waals surface area contributed by atoms with Gasteiger partial charge in [0.15, 0.2) is 17.3 Å². The summed E-state index contributed by atoms with van der Waals surface area (Å²) in [5.74, 6) is 1.77. The Kier molecular flexibility index (Phi) is 5.16. The molecule has 0 aliphatic heterocycles. The molecule has 1 N–H and O–H groups in total. The molecule has 3 rings (SSSR count). The zero-order valence-electron chi connectivity index (χ0n) is 13.6. The van der Waals surface area contributed by atoms with Gasteiger partial charge in [0.05, 0.1) is 20.4 Å². The van der Waals surface area contributed by atoms with E-state index < -0.39 is 0 Å². The molecule has 0 aliphatic rings. The van der Waals surface area contributed by atoms with E-state index in [0.717, 1.165) is 11.1 Å². The average molecular weight is 375 g/mol. The molecule has 128 valence electrons. The second-order valence-electron chi connectivity index (χ2n) is 5.00. The number of rotatable bonds is 5. The third-order valence-electron chi connectivity index (χ3n) is 3.51. The molecule has 25 heavy (non-hydrogen) atoms. The van der Waals surface area contributed by atoms with Gasteiger partial charge in [-0.1, -0.05) is 29.8 Å². The maximum Gasteiger partial charge on any atom is 0.216 e. The van der Waals surface area contributed by atoms with Crippen molar-refractivity contribution >= 4 is 30.0 Å². The van der Waals surface area contributed by atoms with Gasteiger partial charge in [0.2, 0.25) is 4.77 Å². The van der Waals surface area contributed by atoms with Crippen LogP contribution in [-0.2, 0) is 0 Å². The number of ether oxygens (including phenoxy) is 2. The highest BCUT2D eigenvalue weighted by Gasteiger charge is 2.12. The SMILES string of the molecule is COc1ccc(-c2n[nH]c(=S)n2N=Cc2ccccc2Cl)cc1OC. The van der Waals surface area contributed by atoms with Crippen LogP contribution in [0, 0.1) is 4.77 Å². The van der Waals surface area contributed by atoms with Crippen LogP contribution in [0.2, 0.25) is 5.02 Å². The molecule has 8 heteroatoms. The molecule has 0 aliphatic carbocycles. The largest absolute Gasteiger partial charge is 0.493 e. The lowest BCUT2D eigenvalue weighted by Crippen LogP contribution is -1.97. The summed E-state index contributed by atoms with van der Waals surface area (Å²) in [5.41, 5.74) is 1.56. The van der Waals surface area contributed by atoms with Gasteiger partial charge in [-0.25, -0.2) is 5.10 Å². The Hall–Kier alpha value is -2.64. The zero-order valence-corrected chi connectivity index (χ0v) is 15.1. The minimum atomic E-state index is 0.369. The number of halogens is 1. The molecule has 0 fully saturated rings. The lowest BCUT2D eigenvalue weighted by molar-refractivity contribution is 0.355. The summed E-state index contributed by atoms with van der Waals surface area (Å²) in [5, 5.41) is 12.0. The summed E-state index contributed by atoms with van der Waals surface area (Å²) in [6, 6.07) is 12.9. The molecule has 0 spiro atoms. The van der Waals surface area contributed by atoms with Crippen LogP contribution in [0.3, 0.4) is 0 Å². The number of nitrogens with one attached hydrogen (secondary N) is 1. The highest BCUT2D eigenvalue weighted by atomic mass is 35.5. The van der Waals surface area contributed by atoms with Crippen LogP contribution < -0.4 is 9.47 Å². The fourth-order valence-corrected chi connectivity index (χ4v) is 2.62. The number of hydrogen-bond donors (Lipinski definition) is 1. The van der Waals surface area contributed by atoms with E-state index in [2.05, 4.69) is 15.3 Å². The van der Waals surface area contributed by atoms with Crippen LogP contribution in [0.5, 0.6) is 11.5 Å². The van der Waals surface area contributed by atoms with Gasteiger partial charge < -0.3 is 9.47 Å². The molecule has 0 unspecified atom stereocenters. The molecule has 0 bridgehead atoms. The second-order valence-corrected chi connectivity index (χ2v) is 5.79. The van der Waals surface area contributed by atoms with E-state index in [9.17, 15) is 0 Å². The lowest BCUT2D eigenvalue weighted by Gasteiger charge is -2.09. The van der Waals surface area contributed by atoms with E-state index in [4.69, 9.17) is 33.3 Å². The van der Waals surface area contributed by atoms with Crippen molar-refractivity contribution in [2.24, 2.45) is 5.10 Å². The van der Waals surface area contributed by atoms with Crippen molar-refractivity contribution in [3.8, 4) is 22.9 Å². The van der Waals surface area contributed by atoms with E-state index in [1.807, 2.05) is 30.3 Å². The normalized spacial score (nSPS) is 11.0. The van der Waals surface area contributed by atoms with Crippen molar-refractivity contribution < 1.29 is 9.47 Å². The first kappa shape index (κ1) is 17.2. The van der Waals surface area contributed by atoms with Gasteiger partial charge in [0, 0.05) is 16.1 Å². The van der Waals surface area contributed by atoms with Crippen molar-refractivity contribution in [1.29, 1.82) is 0 Å². The minimum Gasteiger partial charge on any atom is -0.493 e. The van der Waals surface area contributed by atoms with Crippen molar-refractivity contribution in [2.45, 2.75) is 0 Å². The van der Waals surface area contributed by atoms with Gasteiger partial charge in [-0.3, -0.25) is 0 Å². The van der Waals surface area contributed by atoms with Crippen LogP contribution in [0.1, 0.15) is 5.56 Å². The molecule has 0 atom stereocenters. The number of nitrogens with zero attached hydrogens (tertiary/aromatic N) is 3. The summed E-state index contributed by atoms with van der Waals surface area (Å²) in [6.07, 6.45) is 1.64. The fourth-order valence-electron chi connectivity index (χ4n) is 2.26. The van der Waals surface area contributed by atoms with E-state index >= 15 is 0 Å². The molecule has 6 nitrogen and oxygen atoms in total. The highest BCUT2D eigenvalue weighted by molar-refractivity contribution is 7.71. The Balaban J connectivity index is 2.03. The summed E-state index contributed by atoms with van der Waals surface area (Å²) in [7, 11) is 3.16. The summed E-state index contributed by atoms with van der Waals surface area (Å²) >= 11 is 11.4. The summed E-state index contributed by atoms with van der Waals surface area (Å²) < 4.78 is 12.5. The average Bonchev–Trinajstić information content (AvgIpc) is 3.01. The number of aromatic nitrogens is 3. The van der Waals surface area contributed by atoms with E-state index in [-0.39, 0.29) is 0 Å². The summed E-state index contributed by atoms with van der Waals surface area (Å²) in [6.45, 7) is 0. The number of aromatic amines is 1. The Bertz CT molecular complexity index is 981. The first-order valence-corrected chi connectivity index (χ1v) is 8.11. The second kappa shape index (κ2) is 7.50. The molecule has 0 radical (unpaired) electrons. The molecule has 0 saturated heterocycles. The number of methoxy groups -OCH3 is 2. The van der Waals surface area contributed by atoms with Crippen molar-refractivity contribution in [1.82, 2.24) is 14.9 Å². The number of H-pyrrole nitrogens is 1. The van der Waals surface area contributed by atoms with Gasteiger partial charge >= 0.3 is 0 Å². The first-order chi connectivity index (χ1) is 12.1. The Labute approximate surface area is 154 Å². The number of benzene rings is 2. The van der Waals surface area contributed by atoms with Crippen molar-refractivity contribution in [3.63, 3.8) is 0 Å². The predicted octanol–water partition coefficient (Wildman–Crippen LogP) is 4.16. The lowest BCUT2D eigenvalue weighted by atomic mass is 10.2. The van der Waals surface area contributed by atoms with Crippen LogP contribution in [0.15, 0.2) is 47.6 Å². The van der Waals surface area contributed by atoms with Gasteiger partial charge in [-0.15, -0.1) is 0 Å². The van der Waals surface area contributed by atoms with Crippen LogP contribution in [0.25, 0.3) is 11.4 Å².